The van der Waals surface area contributed by atoms with E-state index >= 15 is 0 Å². The first kappa shape index (κ1) is 17.7. The van der Waals surface area contributed by atoms with Gasteiger partial charge in [-0.15, -0.1) is 0 Å². The molecule has 1 aliphatic rings. The number of aryl methyl sites for hydroxylation is 1. The summed E-state index contributed by atoms with van der Waals surface area (Å²) in [5.74, 6) is 1.39. The summed E-state index contributed by atoms with van der Waals surface area (Å²) in [4.78, 5) is 14.1. The zero-order valence-electron chi connectivity index (χ0n) is 14.9. The first-order chi connectivity index (χ1) is 12.2. The molecular weight excluding hydrogens is 314 g/mol. The second kappa shape index (κ2) is 8.81. The van der Waals surface area contributed by atoms with Crippen molar-refractivity contribution in [3.63, 3.8) is 0 Å². The molecule has 1 aliphatic heterocycles. The molecule has 5 nitrogen and oxygen atoms in total. The molecular formula is C20H27N3O2. The molecule has 134 valence electrons. The van der Waals surface area contributed by atoms with E-state index in [2.05, 4.69) is 10.5 Å². The van der Waals surface area contributed by atoms with Crippen LogP contribution in [-0.4, -0.2) is 42.6 Å². The Morgan fingerprint density at radius 2 is 2.12 bits per heavy atom. The summed E-state index contributed by atoms with van der Waals surface area (Å²) in [6.45, 7) is 2.63. The van der Waals surface area contributed by atoms with Gasteiger partial charge in [0.25, 0.3) is 0 Å². The zero-order chi connectivity index (χ0) is 17.5. The lowest BCUT2D eigenvalue weighted by Crippen LogP contribution is -2.34. The molecule has 0 spiro atoms. The average Bonchev–Trinajstić information content (AvgIpc) is 3.33. The Morgan fingerprint density at radius 3 is 2.88 bits per heavy atom. The monoisotopic (exact) mass is 341 g/mol. The van der Waals surface area contributed by atoms with E-state index in [0.717, 1.165) is 68.8 Å². The smallest absolute Gasteiger partial charge is 0.226 e. The normalized spacial score (nSPS) is 16.9. The van der Waals surface area contributed by atoms with Gasteiger partial charge in [-0.3, -0.25) is 4.79 Å². The SMILES string of the molecule is CN(CCCCCc1cc(-c2ccccc2)no1)C(=O)C1CCNC1. The van der Waals surface area contributed by atoms with Crippen molar-refractivity contribution in [3.8, 4) is 11.3 Å². The molecule has 0 bridgehead atoms. The average molecular weight is 341 g/mol. The molecule has 1 unspecified atom stereocenters. The van der Waals surface area contributed by atoms with Gasteiger partial charge in [0.05, 0.1) is 5.92 Å². The number of aromatic nitrogens is 1. The predicted octanol–water partition coefficient (Wildman–Crippen LogP) is 3.12. The van der Waals surface area contributed by atoms with Gasteiger partial charge < -0.3 is 14.7 Å². The lowest BCUT2D eigenvalue weighted by Gasteiger charge is -2.20. The van der Waals surface area contributed by atoms with Gasteiger partial charge in [0.15, 0.2) is 0 Å². The van der Waals surface area contributed by atoms with Crippen LogP contribution >= 0.6 is 0 Å². The number of hydrogen-bond donors (Lipinski definition) is 1. The summed E-state index contributed by atoms with van der Waals surface area (Å²) < 4.78 is 5.43. The molecule has 2 heterocycles. The molecule has 1 saturated heterocycles. The summed E-state index contributed by atoms with van der Waals surface area (Å²) in [7, 11) is 1.92. The van der Waals surface area contributed by atoms with Crippen LogP contribution in [0.1, 0.15) is 31.4 Å². The van der Waals surface area contributed by atoms with Crippen molar-refractivity contribution < 1.29 is 9.32 Å². The van der Waals surface area contributed by atoms with Crippen LogP contribution < -0.4 is 5.32 Å². The lowest BCUT2D eigenvalue weighted by molar-refractivity contribution is -0.133. The minimum atomic E-state index is 0.176. The molecule has 0 radical (unpaired) electrons. The van der Waals surface area contributed by atoms with Crippen molar-refractivity contribution in [1.29, 1.82) is 0 Å². The van der Waals surface area contributed by atoms with E-state index in [-0.39, 0.29) is 11.8 Å². The highest BCUT2D eigenvalue weighted by molar-refractivity contribution is 5.79. The maximum atomic E-state index is 12.2. The van der Waals surface area contributed by atoms with E-state index < -0.39 is 0 Å². The predicted molar refractivity (Wildman–Crippen MR) is 98.1 cm³/mol. The molecule has 2 aromatic rings. The number of hydrogen-bond acceptors (Lipinski definition) is 4. The molecule has 1 aromatic carbocycles. The van der Waals surface area contributed by atoms with Gasteiger partial charge in [-0.2, -0.15) is 0 Å². The Balaban J connectivity index is 1.35. The summed E-state index contributed by atoms with van der Waals surface area (Å²) in [6.07, 6.45) is 5.03. The molecule has 25 heavy (non-hydrogen) atoms. The first-order valence-corrected chi connectivity index (χ1v) is 9.21. The Labute approximate surface area is 149 Å². The third-order valence-electron chi connectivity index (χ3n) is 4.83. The molecule has 5 heteroatoms. The van der Waals surface area contributed by atoms with E-state index in [1.165, 1.54) is 0 Å². The van der Waals surface area contributed by atoms with Gasteiger partial charge in [-0.05, 0) is 25.8 Å². The minimum Gasteiger partial charge on any atom is -0.361 e. The van der Waals surface area contributed by atoms with Crippen LogP contribution in [0.25, 0.3) is 11.3 Å². The summed E-state index contributed by atoms with van der Waals surface area (Å²) >= 11 is 0. The second-order valence-corrected chi connectivity index (χ2v) is 6.80. The number of nitrogens with zero attached hydrogens (tertiary/aromatic N) is 2. The second-order valence-electron chi connectivity index (χ2n) is 6.80. The topological polar surface area (TPSA) is 58.4 Å². The highest BCUT2D eigenvalue weighted by atomic mass is 16.5. The van der Waals surface area contributed by atoms with Crippen molar-refractivity contribution in [2.24, 2.45) is 5.92 Å². The minimum absolute atomic E-state index is 0.176. The maximum absolute atomic E-state index is 12.2. The van der Waals surface area contributed by atoms with E-state index in [4.69, 9.17) is 4.52 Å². The number of carbonyl (C=O) groups is 1. The fraction of sp³-hybridized carbons (Fsp3) is 0.500. The Kier molecular flexibility index (Phi) is 6.23. The highest BCUT2D eigenvalue weighted by Gasteiger charge is 2.24. The Bertz CT molecular complexity index is 663. The summed E-state index contributed by atoms with van der Waals surface area (Å²) in [5.41, 5.74) is 1.98. The Morgan fingerprint density at radius 1 is 1.28 bits per heavy atom. The van der Waals surface area contributed by atoms with E-state index in [1.54, 1.807) is 0 Å². The number of rotatable bonds is 8. The number of amides is 1. The fourth-order valence-corrected chi connectivity index (χ4v) is 3.29. The van der Waals surface area contributed by atoms with Crippen molar-refractivity contribution in [3.05, 3.63) is 42.2 Å². The highest BCUT2D eigenvalue weighted by Crippen LogP contribution is 2.19. The van der Waals surface area contributed by atoms with Crippen LogP contribution in [0.2, 0.25) is 0 Å². The molecule has 0 aliphatic carbocycles. The molecule has 1 aromatic heterocycles. The quantitative estimate of drug-likeness (QED) is 0.750. The molecule has 1 fully saturated rings. The standard InChI is InChI=1S/C20H27N3O2/c1-23(20(24)17-11-12-21-15-17)13-7-3-6-10-18-14-19(22-25-18)16-8-4-2-5-9-16/h2,4-5,8-9,14,17,21H,3,6-7,10-13,15H2,1H3. The van der Waals surface area contributed by atoms with Crippen LogP contribution in [0.15, 0.2) is 40.9 Å². The molecule has 1 atom stereocenters. The molecule has 3 rings (SSSR count). The van der Waals surface area contributed by atoms with Crippen molar-refractivity contribution >= 4 is 5.91 Å². The van der Waals surface area contributed by atoms with Crippen LogP contribution in [0.3, 0.4) is 0 Å². The Hall–Kier alpha value is -2.14. The zero-order valence-corrected chi connectivity index (χ0v) is 14.9. The van der Waals surface area contributed by atoms with Crippen LogP contribution in [0.4, 0.5) is 0 Å². The molecule has 1 N–H and O–H groups in total. The maximum Gasteiger partial charge on any atom is 0.226 e. The number of unbranched alkanes of at least 4 members (excludes halogenated alkanes) is 2. The van der Waals surface area contributed by atoms with Gasteiger partial charge in [-0.1, -0.05) is 41.9 Å². The summed E-state index contributed by atoms with van der Waals surface area (Å²) in [5, 5.41) is 7.40. The van der Waals surface area contributed by atoms with E-state index in [0.29, 0.717) is 0 Å². The van der Waals surface area contributed by atoms with Gasteiger partial charge in [0.2, 0.25) is 5.91 Å². The van der Waals surface area contributed by atoms with Crippen LogP contribution in [0.5, 0.6) is 0 Å². The van der Waals surface area contributed by atoms with E-state index in [9.17, 15) is 4.79 Å². The third kappa shape index (κ3) is 4.92. The fourth-order valence-electron chi connectivity index (χ4n) is 3.29. The van der Waals surface area contributed by atoms with Crippen LogP contribution in [0, 0.1) is 5.92 Å². The van der Waals surface area contributed by atoms with Crippen molar-refractivity contribution in [2.45, 2.75) is 32.1 Å². The van der Waals surface area contributed by atoms with Gasteiger partial charge in [-0.25, -0.2) is 0 Å². The van der Waals surface area contributed by atoms with Crippen molar-refractivity contribution in [1.82, 2.24) is 15.4 Å². The summed E-state index contributed by atoms with van der Waals surface area (Å²) in [6, 6.07) is 12.1. The molecule has 1 amide bonds. The number of nitrogens with one attached hydrogen (secondary N) is 1. The van der Waals surface area contributed by atoms with Gasteiger partial charge >= 0.3 is 0 Å². The van der Waals surface area contributed by atoms with Gasteiger partial charge in [0, 0.05) is 38.2 Å². The van der Waals surface area contributed by atoms with Gasteiger partial charge in [0.1, 0.15) is 11.5 Å². The lowest BCUT2D eigenvalue weighted by atomic mass is 10.1. The van der Waals surface area contributed by atoms with Crippen LogP contribution in [-0.2, 0) is 11.2 Å². The van der Waals surface area contributed by atoms with E-state index in [1.807, 2.05) is 48.3 Å². The first-order valence-electron chi connectivity index (χ1n) is 9.21. The number of carbonyl (C=O) groups excluding carboxylic acids is 1. The van der Waals surface area contributed by atoms with Crippen molar-refractivity contribution in [2.75, 3.05) is 26.7 Å². The third-order valence-corrected chi connectivity index (χ3v) is 4.83. The molecule has 0 saturated carbocycles. The number of benzene rings is 1. The largest absolute Gasteiger partial charge is 0.361 e.